The summed E-state index contributed by atoms with van der Waals surface area (Å²) in [7, 11) is 1.46. The third-order valence-corrected chi connectivity index (χ3v) is 7.05. The fourth-order valence-corrected chi connectivity index (χ4v) is 5.18. The SMILES string of the molecule is CCOC(=O)N1CC(CS)C(N[S+]([O-])c2cn(C)c(C(=O)Nc3ccc(F)c(C)c3)c2F)C1. The van der Waals surface area contributed by atoms with Crippen molar-refractivity contribution in [2.75, 3.05) is 30.8 Å². The van der Waals surface area contributed by atoms with Crippen LogP contribution in [0, 0.1) is 24.5 Å². The summed E-state index contributed by atoms with van der Waals surface area (Å²) in [6.45, 7) is 4.10. The average Bonchev–Trinajstić information content (AvgIpc) is 3.30. The highest BCUT2D eigenvalue weighted by molar-refractivity contribution is 7.89. The summed E-state index contributed by atoms with van der Waals surface area (Å²) in [5.41, 5.74) is 0.327. The molecule has 2 amide bonds. The number of anilines is 1. The van der Waals surface area contributed by atoms with Crippen LogP contribution in [0.15, 0.2) is 29.3 Å². The molecule has 1 aromatic carbocycles. The van der Waals surface area contributed by atoms with Gasteiger partial charge in [0.05, 0.1) is 30.2 Å². The molecular weight excluding hydrogens is 474 g/mol. The number of rotatable bonds is 7. The molecule has 3 rings (SSSR count). The molecule has 8 nitrogen and oxygen atoms in total. The Morgan fingerprint density at radius 3 is 2.70 bits per heavy atom. The van der Waals surface area contributed by atoms with E-state index in [-0.39, 0.29) is 29.7 Å². The normalized spacial score (nSPS) is 18.9. The van der Waals surface area contributed by atoms with Gasteiger partial charge < -0.3 is 24.1 Å². The van der Waals surface area contributed by atoms with Gasteiger partial charge in [0.25, 0.3) is 5.91 Å². The van der Waals surface area contributed by atoms with Crippen molar-refractivity contribution in [3.8, 4) is 0 Å². The Hall–Kier alpha value is -2.28. The van der Waals surface area contributed by atoms with Gasteiger partial charge in [-0.25, -0.2) is 9.18 Å². The molecule has 180 valence electrons. The zero-order chi connectivity index (χ0) is 24.3. The molecule has 2 aromatic rings. The molecule has 0 bridgehead atoms. The number of hydrogen-bond donors (Lipinski definition) is 3. The molecule has 2 heterocycles. The number of ether oxygens (including phenoxy) is 1. The second kappa shape index (κ2) is 10.8. The first-order valence-electron chi connectivity index (χ1n) is 10.3. The van der Waals surface area contributed by atoms with Crippen LogP contribution in [-0.2, 0) is 23.1 Å². The molecule has 33 heavy (non-hydrogen) atoms. The van der Waals surface area contributed by atoms with Crippen LogP contribution in [0.4, 0.5) is 19.3 Å². The van der Waals surface area contributed by atoms with Crippen molar-refractivity contribution in [1.82, 2.24) is 14.2 Å². The van der Waals surface area contributed by atoms with Crippen LogP contribution in [-0.4, -0.2) is 57.5 Å². The molecule has 2 N–H and O–H groups in total. The lowest BCUT2D eigenvalue weighted by atomic mass is 10.1. The highest BCUT2D eigenvalue weighted by Crippen LogP contribution is 2.25. The van der Waals surface area contributed by atoms with E-state index in [0.717, 1.165) is 0 Å². The van der Waals surface area contributed by atoms with Gasteiger partial charge in [-0.3, -0.25) is 4.79 Å². The van der Waals surface area contributed by atoms with E-state index in [2.05, 4.69) is 22.7 Å². The first kappa shape index (κ1) is 25.3. The lowest BCUT2D eigenvalue weighted by Crippen LogP contribution is -2.41. The van der Waals surface area contributed by atoms with Gasteiger partial charge >= 0.3 is 6.09 Å². The Morgan fingerprint density at radius 2 is 2.06 bits per heavy atom. The fourth-order valence-electron chi connectivity index (χ4n) is 3.63. The number of thiol groups is 1. The third-order valence-electron chi connectivity index (χ3n) is 5.38. The number of carbonyl (C=O) groups is 2. The van der Waals surface area contributed by atoms with Gasteiger partial charge in [0.15, 0.2) is 0 Å². The minimum absolute atomic E-state index is 0.113. The number of hydrogen-bond acceptors (Lipinski definition) is 6. The predicted octanol–water partition coefficient (Wildman–Crippen LogP) is 2.86. The Balaban J connectivity index is 1.73. The molecule has 1 aliphatic heterocycles. The molecule has 1 aromatic heterocycles. The number of halogens is 2. The molecule has 3 atom stereocenters. The number of nitrogens with zero attached hydrogens (tertiary/aromatic N) is 2. The zero-order valence-electron chi connectivity index (χ0n) is 18.4. The van der Waals surface area contributed by atoms with E-state index in [4.69, 9.17) is 4.74 Å². The van der Waals surface area contributed by atoms with Crippen LogP contribution < -0.4 is 10.0 Å². The van der Waals surface area contributed by atoms with Gasteiger partial charge in [-0.05, 0) is 43.4 Å². The summed E-state index contributed by atoms with van der Waals surface area (Å²) < 4.78 is 50.6. The smallest absolute Gasteiger partial charge is 0.409 e. The van der Waals surface area contributed by atoms with Crippen molar-refractivity contribution in [2.45, 2.75) is 24.8 Å². The molecular formula is C21H26F2N4O4S2. The number of aromatic nitrogens is 1. The minimum atomic E-state index is -1.99. The Labute approximate surface area is 199 Å². The molecule has 1 fully saturated rings. The molecule has 0 saturated carbocycles. The number of amides is 2. The maximum absolute atomic E-state index is 15.1. The number of carbonyl (C=O) groups excluding carboxylic acids is 2. The summed E-state index contributed by atoms with van der Waals surface area (Å²) >= 11 is 2.32. The minimum Gasteiger partial charge on any atom is -0.593 e. The first-order valence-corrected chi connectivity index (χ1v) is 12.1. The Kier molecular flexibility index (Phi) is 8.27. The standard InChI is InChI=1S/C21H26F2N4O4S2/c1-4-31-21(29)27-8-13(11-32)16(9-27)25-33(30)17-10-26(3)19(18(17)23)20(28)24-14-5-6-15(22)12(2)7-14/h5-7,10,13,16,25,32H,4,8-9,11H2,1-3H3,(H,24,28). The predicted molar refractivity (Wildman–Crippen MR) is 124 cm³/mol. The van der Waals surface area contributed by atoms with Crippen LogP contribution in [0.5, 0.6) is 0 Å². The number of benzene rings is 1. The van der Waals surface area contributed by atoms with E-state index in [0.29, 0.717) is 23.5 Å². The van der Waals surface area contributed by atoms with Crippen LogP contribution in [0.1, 0.15) is 23.0 Å². The van der Waals surface area contributed by atoms with E-state index in [9.17, 15) is 18.5 Å². The lowest BCUT2D eigenvalue weighted by Gasteiger charge is -2.18. The van der Waals surface area contributed by atoms with Crippen molar-refractivity contribution in [1.29, 1.82) is 0 Å². The molecule has 0 spiro atoms. The van der Waals surface area contributed by atoms with Crippen molar-refractivity contribution >= 4 is 41.7 Å². The summed E-state index contributed by atoms with van der Waals surface area (Å²) in [4.78, 5) is 26.0. The molecule has 1 aliphatic rings. The molecule has 1 saturated heterocycles. The maximum atomic E-state index is 15.1. The van der Waals surface area contributed by atoms with E-state index >= 15 is 4.39 Å². The monoisotopic (exact) mass is 500 g/mol. The number of likely N-dealkylation sites (tertiary alicyclic amines) is 1. The van der Waals surface area contributed by atoms with Gasteiger partial charge in [-0.1, -0.05) is 0 Å². The highest BCUT2D eigenvalue weighted by Gasteiger charge is 2.39. The quantitative estimate of drug-likeness (QED) is 0.401. The van der Waals surface area contributed by atoms with Gasteiger partial charge in [0.2, 0.25) is 10.7 Å². The topological polar surface area (TPSA) is 98.7 Å². The number of aryl methyl sites for hydroxylation is 2. The summed E-state index contributed by atoms with van der Waals surface area (Å²) in [6, 6.07) is 3.61. The van der Waals surface area contributed by atoms with Gasteiger partial charge in [-0.2, -0.15) is 17.0 Å². The summed E-state index contributed by atoms with van der Waals surface area (Å²) in [6.07, 6.45) is 0.803. The van der Waals surface area contributed by atoms with Crippen LogP contribution in [0.3, 0.4) is 0 Å². The first-order chi connectivity index (χ1) is 15.7. The molecule has 0 aliphatic carbocycles. The number of nitrogens with one attached hydrogen (secondary N) is 2. The molecule has 12 heteroatoms. The van der Waals surface area contributed by atoms with Crippen molar-refractivity contribution in [3.05, 3.63) is 47.3 Å². The molecule has 3 unspecified atom stereocenters. The van der Waals surface area contributed by atoms with Crippen LogP contribution >= 0.6 is 12.6 Å². The van der Waals surface area contributed by atoms with E-state index in [1.807, 2.05) is 0 Å². The Bertz CT molecular complexity index is 1040. The van der Waals surface area contributed by atoms with Gasteiger partial charge in [0.1, 0.15) is 11.5 Å². The second-order valence-electron chi connectivity index (χ2n) is 7.72. The average molecular weight is 501 g/mol. The summed E-state index contributed by atoms with van der Waals surface area (Å²) in [5.74, 6) is -1.80. The Morgan fingerprint density at radius 1 is 1.33 bits per heavy atom. The zero-order valence-corrected chi connectivity index (χ0v) is 20.1. The van der Waals surface area contributed by atoms with Crippen molar-refractivity contribution in [2.24, 2.45) is 13.0 Å². The maximum Gasteiger partial charge on any atom is 0.409 e. The van der Waals surface area contributed by atoms with Crippen molar-refractivity contribution in [3.63, 3.8) is 0 Å². The van der Waals surface area contributed by atoms with Crippen molar-refractivity contribution < 1.29 is 27.7 Å². The van der Waals surface area contributed by atoms with Gasteiger partial charge in [-0.15, -0.1) is 4.72 Å². The highest BCUT2D eigenvalue weighted by atomic mass is 32.2. The summed E-state index contributed by atoms with van der Waals surface area (Å²) in [5, 5.41) is 2.53. The molecule has 0 radical (unpaired) electrons. The van der Waals surface area contributed by atoms with E-state index < -0.39 is 41.0 Å². The third kappa shape index (κ3) is 5.62. The largest absolute Gasteiger partial charge is 0.593 e. The van der Waals surface area contributed by atoms with Gasteiger partial charge in [0, 0.05) is 31.7 Å². The fraction of sp³-hybridized carbons (Fsp3) is 0.429. The van der Waals surface area contributed by atoms with E-state index in [1.54, 1.807) is 13.8 Å². The van der Waals surface area contributed by atoms with Crippen LogP contribution in [0.25, 0.3) is 0 Å². The lowest BCUT2D eigenvalue weighted by molar-refractivity contribution is 0.101. The van der Waals surface area contributed by atoms with E-state index in [1.165, 1.54) is 40.9 Å². The van der Waals surface area contributed by atoms with Crippen LogP contribution in [0.2, 0.25) is 0 Å². The second-order valence-corrected chi connectivity index (χ2v) is 9.30.